The van der Waals surface area contributed by atoms with Gasteiger partial charge >= 0.3 is 5.97 Å². The van der Waals surface area contributed by atoms with E-state index in [2.05, 4.69) is 19.2 Å². The Labute approximate surface area is 195 Å². The lowest BCUT2D eigenvalue weighted by Gasteiger charge is -2.35. The first-order valence-corrected chi connectivity index (χ1v) is 11.3. The Kier molecular flexibility index (Phi) is 7.97. The fourth-order valence-corrected chi connectivity index (χ4v) is 4.14. The number of nitrogens with one attached hydrogen (secondary N) is 1. The number of carboxylic acids is 1. The molecule has 2 aromatic carbocycles. The Morgan fingerprint density at radius 2 is 1.91 bits per heavy atom. The molecule has 1 fully saturated rings. The molecule has 0 atom stereocenters. The molecule has 7 heteroatoms. The maximum Gasteiger partial charge on any atom is 0.329 e. The van der Waals surface area contributed by atoms with Crippen LogP contribution in [-0.4, -0.2) is 43.5 Å². The first-order valence-electron chi connectivity index (χ1n) is 11.3. The molecule has 0 radical (unpaired) electrons. The number of rotatable bonds is 9. The van der Waals surface area contributed by atoms with Crippen LogP contribution in [0.2, 0.25) is 0 Å². The van der Waals surface area contributed by atoms with Crippen LogP contribution in [-0.2, 0) is 20.9 Å². The van der Waals surface area contributed by atoms with Crippen LogP contribution in [0.4, 0.5) is 10.1 Å². The van der Waals surface area contributed by atoms with E-state index in [4.69, 9.17) is 14.2 Å². The van der Waals surface area contributed by atoms with Gasteiger partial charge in [-0.1, -0.05) is 19.9 Å². The summed E-state index contributed by atoms with van der Waals surface area (Å²) >= 11 is 0. The summed E-state index contributed by atoms with van der Waals surface area (Å²) in [6.07, 6.45) is 0.735. The zero-order valence-corrected chi connectivity index (χ0v) is 20.1. The number of anilines is 1. The van der Waals surface area contributed by atoms with Crippen LogP contribution in [0.1, 0.15) is 43.4 Å². The third kappa shape index (κ3) is 5.47. The molecule has 1 aliphatic heterocycles. The number of carboxylic acid groups (broad SMARTS) is 1. The van der Waals surface area contributed by atoms with Crippen molar-refractivity contribution in [2.75, 3.05) is 32.2 Å². The molecule has 2 aromatic rings. The van der Waals surface area contributed by atoms with E-state index >= 15 is 4.39 Å². The van der Waals surface area contributed by atoms with E-state index < -0.39 is 17.3 Å². The summed E-state index contributed by atoms with van der Waals surface area (Å²) in [5.74, 6) is -0.741. The number of carbonyl (C=O) groups is 1. The monoisotopic (exact) mass is 459 g/mol. The highest BCUT2D eigenvalue weighted by Gasteiger charge is 2.40. The maximum atomic E-state index is 15.4. The van der Waals surface area contributed by atoms with Crippen LogP contribution in [0, 0.1) is 25.6 Å². The maximum absolute atomic E-state index is 15.4. The van der Waals surface area contributed by atoms with Crippen LogP contribution in [0.3, 0.4) is 0 Å². The van der Waals surface area contributed by atoms with E-state index in [0.29, 0.717) is 55.4 Å². The smallest absolute Gasteiger partial charge is 0.329 e. The lowest BCUT2D eigenvalue weighted by molar-refractivity contribution is -0.145. The van der Waals surface area contributed by atoms with E-state index in [1.54, 1.807) is 6.07 Å². The third-order valence-corrected chi connectivity index (χ3v) is 6.18. The molecule has 0 unspecified atom stereocenters. The molecule has 2 N–H and O–H groups in total. The quantitative estimate of drug-likeness (QED) is 0.527. The Hall–Kier alpha value is -2.64. The lowest BCUT2D eigenvalue weighted by Crippen LogP contribution is -2.50. The molecule has 180 valence electrons. The zero-order valence-electron chi connectivity index (χ0n) is 20.1. The van der Waals surface area contributed by atoms with Crippen molar-refractivity contribution >= 4 is 11.7 Å². The van der Waals surface area contributed by atoms with Gasteiger partial charge in [0.1, 0.15) is 5.54 Å². The van der Waals surface area contributed by atoms with Gasteiger partial charge in [-0.05, 0) is 60.2 Å². The standard InChI is InChI=1S/C26H34FNO5/c1-16(2)14-33-15-19-13-20(28-26(25(29)30)8-10-32-11-9-26)6-7-21(19)22-12-17(3)18(4)24(31-5)23(22)27/h6-7,12-13,16,28H,8-11,14-15H2,1-5H3,(H,29,30). The molecule has 0 bridgehead atoms. The predicted octanol–water partition coefficient (Wildman–Crippen LogP) is 5.34. The van der Waals surface area contributed by atoms with Gasteiger partial charge in [0.15, 0.2) is 11.6 Å². The van der Waals surface area contributed by atoms with Crippen LogP contribution < -0.4 is 10.1 Å². The van der Waals surface area contributed by atoms with Gasteiger partial charge in [0, 0.05) is 43.9 Å². The minimum absolute atomic E-state index is 0.230. The third-order valence-electron chi connectivity index (χ3n) is 6.18. The average Bonchev–Trinajstić information content (AvgIpc) is 2.77. The van der Waals surface area contributed by atoms with Crippen LogP contribution in [0.25, 0.3) is 11.1 Å². The second-order valence-electron chi connectivity index (χ2n) is 9.12. The molecule has 1 aliphatic rings. The Morgan fingerprint density at radius 1 is 1.21 bits per heavy atom. The minimum atomic E-state index is -1.09. The molecule has 0 saturated carbocycles. The van der Waals surface area contributed by atoms with Gasteiger partial charge in [-0.15, -0.1) is 0 Å². The van der Waals surface area contributed by atoms with Gasteiger partial charge < -0.3 is 24.6 Å². The molecular weight excluding hydrogens is 425 g/mol. The van der Waals surface area contributed by atoms with Crippen LogP contribution in [0.15, 0.2) is 24.3 Å². The summed E-state index contributed by atoms with van der Waals surface area (Å²) in [7, 11) is 1.47. The van der Waals surface area contributed by atoms with Gasteiger partial charge in [-0.25, -0.2) is 9.18 Å². The molecule has 0 aliphatic carbocycles. The van der Waals surface area contributed by atoms with Gasteiger partial charge in [-0.3, -0.25) is 0 Å². The topological polar surface area (TPSA) is 77.0 Å². The molecule has 33 heavy (non-hydrogen) atoms. The molecule has 0 aromatic heterocycles. The molecule has 3 rings (SSSR count). The summed E-state index contributed by atoms with van der Waals surface area (Å²) in [6.45, 7) is 9.49. The Morgan fingerprint density at radius 3 is 2.52 bits per heavy atom. The van der Waals surface area contributed by atoms with Gasteiger partial charge in [-0.2, -0.15) is 0 Å². The van der Waals surface area contributed by atoms with Crippen molar-refractivity contribution in [3.05, 3.63) is 46.8 Å². The largest absolute Gasteiger partial charge is 0.493 e. The van der Waals surface area contributed by atoms with E-state index in [0.717, 1.165) is 16.7 Å². The number of hydrogen-bond acceptors (Lipinski definition) is 5. The van der Waals surface area contributed by atoms with E-state index in [1.807, 2.05) is 32.0 Å². The summed E-state index contributed by atoms with van der Waals surface area (Å²) < 4.78 is 32.0. The zero-order chi connectivity index (χ0) is 24.2. The number of benzene rings is 2. The molecule has 0 spiro atoms. The lowest BCUT2D eigenvalue weighted by atomic mass is 9.89. The van der Waals surface area contributed by atoms with Crippen LogP contribution in [0.5, 0.6) is 5.75 Å². The second-order valence-corrected chi connectivity index (χ2v) is 9.12. The SMILES string of the molecule is COc1c(C)c(C)cc(-c2ccc(NC3(C(=O)O)CCOCC3)cc2COCC(C)C)c1F. The average molecular weight is 460 g/mol. The Balaban J connectivity index is 2.04. The van der Waals surface area contributed by atoms with Crippen molar-refractivity contribution in [2.45, 2.75) is 52.7 Å². The molecule has 1 saturated heterocycles. The minimum Gasteiger partial charge on any atom is -0.493 e. The number of hydrogen-bond donors (Lipinski definition) is 2. The number of aryl methyl sites for hydroxylation is 1. The second kappa shape index (κ2) is 10.5. The van der Waals surface area contributed by atoms with Gasteiger partial charge in [0.25, 0.3) is 0 Å². The van der Waals surface area contributed by atoms with E-state index in [9.17, 15) is 9.90 Å². The van der Waals surface area contributed by atoms with Crippen molar-refractivity contribution in [3.63, 3.8) is 0 Å². The fourth-order valence-electron chi connectivity index (χ4n) is 4.14. The van der Waals surface area contributed by atoms with Crippen molar-refractivity contribution < 1.29 is 28.5 Å². The van der Waals surface area contributed by atoms with Gasteiger partial charge in [0.05, 0.1) is 13.7 Å². The molecule has 0 amide bonds. The first kappa shape index (κ1) is 25.0. The van der Waals surface area contributed by atoms with E-state index in [1.165, 1.54) is 7.11 Å². The van der Waals surface area contributed by atoms with Crippen molar-refractivity contribution in [1.82, 2.24) is 0 Å². The number of halogens is 1. The van der Waals surface area contributed by atoms with Crippen molar-refractivity contribution in [2.24, 2.45) is 5.92 Å². The molecular formula is C26H34FNO5. The highest BCUT2D eigenvalue weighted by Crippen LogP contribution is 2.37. The summed E-state index contributed by atoms with van der Waals surface area (Å²) in [4.78, 5) is 12.1. The number of aliphatic carboxylic acids is 1. The fraction of sp³-hybridized carbons (Fsp3) is 0.500. The summed E-state index contributed by atoms with van der Waals surface area (Å²) in [6, 6.07) is 7.29. The predicted molar refractivity (Wildman–Crippen MR) is 126 cm³/mol. The normalized spacial score (nSPS) is 15.5. The van der Waals surface area contributed by atoms with Crippen molar-refractivity contribution in [1.29, 1.82) is 0 Å². The summed E-state index contributed by atoms with van der Waals surface area (Å²) in [5.41, 5.74) is 3.15. The van der Waals surface area contributed by atoms with E-state index in [-0.39, 0.29) is 12.4 Å². The van der Waals surface area contributed by atoms with Crippen LogP contribution >= 0.6 is 0 Å². The molecule has 1 heterocycles. The van der Waals surface area contributed by atoms with Gasteiger partial charge in [0.2, 0.25) is 0 Å². The highest BCUT2D eigenvalue weighted by molar-refractivity contribution is 5.83. The first-order chi connectivity index (χ1) is 15.7. The molecule has 6 nitrogen and oxygen atoms in total. The summed E-state index contributed by atoms with van der Waals surface area (Å²) in [5, 5.41) is 13.1. The van der Waals surface area contributed by atoms with Crippen molar-refractivity contribution in [3.8, 4) is 16.9 Å². The number of methoxy groups -OCH3 is 1. The Bertz CT molecular complexity index is 999. The highest BCUT2D eigenvalue weighted by atomic mass is 19.1. The number of ether oxygens (including phenoxy) is 3.